The summed E-state index contributed by atoms with van der Waals surface area (Å²) in [7, 11) is 1.29. The molecule has 0 aliphatic heterocycles. The molecule has 7 heteroatoms. The van der Waals surface area contributed by atoms with Gasteiger partial charge in [-0.3, -0.25) is 14.9 Å². The van der Waals surface area contributed by atoms with E-state index in [0.717, 1.165) is 38.9 Å². The SMILES string of the molecule is COC(=O)CCC(C)(c1ccc2c(I)c(O[C@H]3CC[C@@H](C)CC3)ccc2c1)[N+](=O)[O-]. The van der Waals surface area contributed by atoms with Gasteiger partial charge in [-0.2, -0.15) is 0 Å². The normalized spacial score (nSPS) is 21.1. The molecule has 2 aromatic carbocycles. The number of nitro groups is 1. The zero-order valence-electron chi connectivity index (χ0n) is 17.7. The van der Waals surface area contributed by atoms with Crippen LogP contribution in [0.1, 0.15) is 57.9 Å². The van der Waals surface area contributed by atoms with Crippen LogP contribution in [0.5, 0.6) is 5.75 Å². The van der Waals surface area contributed by atoms with Crippen LogP contribution in [0.2, 0.25) is 0 Å². The van der Waals surface area contributed by atoms with E-state index in [1.54, 1.807) is 13.0 Å². The summed E-state index contributed by atoms with van der Waals surface area (Å²) in [4.78, 5) is 23.1. The van der Waals surface area contributed by atoms with Crippen LogP contribution < -0.4 is 4.74 Å². The Morgan fingerprint density at radius 3 is 2.57 bits per heavy atom. The molecule has 2 aromatic rings. The summed E-state index contributed by atoms with van der Waals surface area (Å²) >= 11 is 2.30. The number of nitrogens with zero attached hydrogens (tertiary/aromatic N) is 1. The van der Waals surface area contributed by atoms with Crippen LogP contribution in [0, 0.1) is 19.6 Å². The van der Waals surface area contributed by atoms with Gasteiger partial charge in [0.2, 0.25) is 5.54 Å². The second-order valence-electron chi connectivity index (χ2n) is 8.42. The Labute approximate surface area is 190 Å². The van der Waals surface area contributed by atoms with Gasteiger partial charge in [-0.15, -0.1) is 0 Å². The third kappa shape index (κ3) is 4.87. The molecule has 6 nitrogen and oxygen atoms in total. The van der Waals surface area contributed by atoms with Crippen molar-refractivity contribution in [1.82, 2.24) is 0 Å². The van der Waals surface area contributed by atoms with Crippen LogP contribution >= 0.6 is 22.6 Å². The molecule has 30 heavy (non-hydrogen) atoms. The molecule has 0 bridgehead atoms. The highest BCUT2D eigenvalue weighted by atomic mass is 127. The monoisotopic (exact) mass is 525 g/mol. The molecule has 3 rings (SSSR count). The van der Waals surface area contributed by atoms with E-state index in [1.807, 2.05) is 24.3 Å². The Morgan fingerprint density at radius 1 is 1.23 bits per heavy atom. The highest BCUT2D eigenvalue weighted by molar-refractivity contribution is 14.1. The molecule has 1 aliphatic carbocycles. The molecular formula is C23H28INO5. The fraction of sp³-hybridized carbons (Fsp3) is 0.522. The average molecular weight is 525 g/mol. The minimum Gasteiger partial charge on any atom is -0.489 e. The number of hydrogen-bond donors (Lipinski definition) is 0. The van der Waals surface area contributed by atoms with Crippen LogP contribution in [0.3, 0.4) is 0 Å². The first kappa shape index (κ1) is 22.8. The fourth-order valence-electron chi connectivity index (χ4n) is 4.01. The van der Waals surface area contributed by atoms with Gasteiger partial charge in [0.05, 0.1) is 23.2 Å². The maximum Gasteiger partial charge on any atom is 0.305 e. The van der Waals surface area contributed by atoms with Crippen LogP contribution in [-0.4, -0.2) is 24.1 Å². The molecule has 0 heterocycles. The summed E-state index contributed by atoms with van der Waals surface area (Å²) in [5.41, 5.74) is -0.781. The quantitative estimate of drug-likeness (QED) is 0.196. The Balaban J connectivity index is 1.87. The number of rotatable bonds is 7. The smallest absolute Gasteiger partial charge is 0.305 e. The minimum absolute atomic E-state index is 0.00364. The first-order chi connectivity index (χ1) is 14.2. The molecule has 162 valence electrons. The molecule has 0 spiro atoms. The topological polar surface area (TPSA) is 78.7 Å². The number of fused-ring (bicyclic) bond motifs is 1. The Hall–Kier alpha value is -1.90. The third-order valence-electron chi connectivity index (χ3n) is 6.24. The molecule has 1 unspecified atom stereocenters. The zero-order valence-corrected chi connectivity index (χ0v) is 19.8. The van der Waals surface area contributed by atoms with E-state index in [2.05, 4.69) is 34.3 Å². The van der Waals surface area contributed by atoms with Gasteiger partial charge < -0.3 is 9.47 Å². The van der Waals surface area contributed by atoms with Crippen molar-refractivity contribution in [3.05, 3.63) is 49.6 Å². The second-order valence-corrected chi connectivity index (χ2v) is 9.50. The van der Waals surface area contributed by atoms with Crippen LogP contribution in [0.4, 0.5) is 0 Å². The third-order valence-corrected chi connectivity index (χ3v) is 7.36. The van der Waals surface area contributed by atoms with Gasteiger partial charge in [-0.05, 0) is 77.1 Å². The van der Waals surface area contributed by atoms with Crippen molar-refractivity contribution in [2.24, 2.45) is 5.92 Å². The Morgan fingerprint density at radius 2 is 1.93 bits per heavy atom. The van der Waals surface area contributed by atoms with E-state index in [-0.39, 0.29) is 23.9 Å². The van der Waals surface area contributed by atoms with E-state index in [1.165, 1.54) is 20.0 Å². The van der Waals surface area contributed by atoms with E-state index in [9.17, 15) is 14.9 Å². The molecule has 1 aliphatic rings. The van der Waals surface area contributed by atoms with Gasteiger partial charge >= 0.3 is 5.97 Å². The zero-order chi connectivity index (χ0) is 21.9. The minimum atomic E-state index is -1.36. The predicted octanol–water partition coefficient (Wildman–Crippen LogP) is 5.85. The van der Waals surface area contributed by atoms with Gasteiger partial charge in [0.15, 0.2) is 0 Å². The Bertz CT molecular complexity index is 939. The first-order valence-corrected chi connectivity index (χ1v) is 11.4. The summed E-state index contributed by atoms with van der Waals surface area (Å²) in [5.74, 6) is 1.20. The molecule has 0 aromatic heterocycles. The summed E-state index contributed by atoms with van der Waals surface area (Å²) in [6.07, 6.45) is 4.88. The van der Waals surface area contributed by atoms with Gasteiger partial charge in [-0.1, -0.05) is 25.1 Å². The lowest BCUT2D eigenvalue weighted by Gasteiger charge is -2.27. The van der Waals surface area contributed by atoms with Crippen molar-refractivity contribution >= 4 is 39.3 Å². The van der Waals surface area contributed by atoms with Crippen LogP contribution in [-0.2, 0) is 15.1 Å². The lowest BCUT2D eigenvalue weighted by atomic mass is 9.86. The first-order valence-electron chi connectivity index (χ1n) is 10.4. The summed E-state index contributed by atoms with van der Waals surface area (Å²) < 4.78 is 12.0. The van der Waals surface area contributed by atoms with Crippen LogP contribution in [0.15, 0.2) is 30.3 Å². The van der Waals surface area contributed by atoms with Gasteiger partial charge in [0.25, 0.3) is 0 Å². The average Bonchev–Trinajstić information content (AvgIpc) is 2.74. The highest BCUT2D eigenvalue weighted by Gasteiger charge is 2.40. The molecule has 0 amide bonds. The lowest BCUT2D eigenvalue weighted by Crippen LogP contribution is -2.32. The molecule has 0 saturated heterocycles. The molecule has 1 saturated carbocycles. The molecule has 1 fully saturated rings. The van der Waals surface area contributed by atoms with Gasteiger partial charge in [0, 0.05) is 23.8 Å². The van der Waals surface area contributed by atoms with Crippen molar-refractivity contribution in [3.63, 3.8) is 0 Å². The Kier molecular flexibility index (Phi) is 7.21. The summed E-state index contributed by atoms with van der Waals surface area (Å²) in [5, 5.41) is 13.8. The maximum atomic E-state index is 11.9. The largest absolute Gasteiger partial charge is 0.489 e. The predicted molar refractivity (Wildman–Crippen MR) is 124 cm³/mol. The van der Waals surface area contributed by atoms with Crippen molar-refractivity contribution in [1.29, 1.82) is 0 Å². The number of esters is 1. The molecule has 1 atom stereocenters. The van der Waals surface area contributed by atoms with Crippen molar-refractivity contribution in [3.8, 4) is 5.75 Å². The number of carbonyl (C=O) groups is 1. The molecule has 0 N–H and O–H groups in total. The van der Waals surface area contributed by atoms with Crippen molar-refractivity contribution in [2.75, 3.05) is 7.11 Å². The summed E-state index contributed by atoms with van der Waals surface area (Å²) in [6.45, 7) is 3.85. The van der Waals surface area contributed by atoms with E-state index < -0.39 is 11.5 Å². The fourth-order valence-corrected chi connectivity index (χ4v) is 4.81. The van der Waals surface area contributed by atoms with Gasteiger partial charge in [-0.25, -0.2) is 0 Å². The van der Waals surface area contributed by atoms with Gasteiger partial charge in [0.1, 0.15) is 5.75 Å². The van der Waals surface area contributed by atoms with Crippen LogP contribution in [0.25, 0.3) is 10.8 Å². The number of methoxy groups -OCH3 is 1. The molecular weight excluding hydrogens is 497 g/mol. The number of halogens is 1. The highest BCUT2D eigenvalue weighted by Crippen LogP contribution is 2.37. The summed E-state index contributed by atoms with van der Waals surface area (Å²) in [6, 6.07) is 9.48. The van der Waals surface area contributed by atoms with Crippen molar-refractivity contribution < 1.29 is 19.2 Å². The van der Waals surface area contributed by atoms with E-state index in [4.69, 9.17) is 4.74 Å². The number of ether oxygens (including phenoxy) is 2. The number of hydrogen-bond acceptors (Lipinski definition) is 5. The number of benzene rings is 2. The number of carbonyl (C=O) groups excluding carboxylic acids is 1. The molecule has 0 radical (unpaired) electrons. The standard InChI is InChI=1S/C23H28INO5/c1-15-4-8-18(9-5-15)30-20-11-6-16-14-17(7-10-19(16)22(20)24)23(2,25(27)28)13-12-21(26)29-3/h6-7,10-11,14-15,18H,4-5,8-9,12-13H2,1-3H3/t15-,18+,23?. The maximum absolute atomic E-state index is 11.9. The van der Waals surface area contributed by atoms with Crippen molar-refractivity contribution in [2.45, 2.75) is 64.0 Å². The second kappa shape index (κ2) is 9.49. The van der Waals surface area contributed by atoms with E-state index in [0.29, 0.717) is 5.56 Å². The lowest BCUT2D eigenvalue weighted by molar-refractivity contribution is -0.575. The van der Waals surface area contributed by atoms with E-state index >= 15 is 0 Å².